The minimum absolute atomic E-state index is 0. The Morgan fingerprint density at radius 1 is 1.38 bits per heavy atom. The van der Waals surface area contributed by atoms with Crippen molar-refractivity contribution >= 4 is 43.5 Å². The average molecular weight is 349 g/mol. The molecule has 0 radical (unpaired) electrons. The highest BCUT2D eigenvalue weighted by Crippen LogP contribution is 2.05. The molecule has 2 rings (SSSR count). The lowest BCUT2D eigenvalue weighted by Crippen LogP contribution is -1.97. The lowest BCUT2D eigenvalue weighted by atomic mass is 10.3. The lowest BCUT2D eigenvalue weighted by molar-refractivity contribution is 0.881. The number of pyridine rings is 1. The number of aromatic nitrogens is 5. The molecule has 0 aliphatic rings. The molecule has 0 atom stereocenters. The first-order chi connectivity index (χ1) is 7.36. The zero-order chi connectivity index (χ0) is 10.5. The number of H-pyrrole nitrogens is 1. The van der Waals surface area contributed by atoms with Crippen LogP contribution in [0.25, 0.3) is 0 Å². The molecule has 2 aromatic heterocycles. The Hall–Kier alpha value is -1.35. The van der Waals surface area contributed by atoms with Crippen LogP contribution >= 0.6 is 32.9 Å². The first-order valence-electron chi connectivity index (χ1n) is 3.99. The molecule has 0 unspecified atom stereocenters. The molecular weight excluding hydrogens is 342 g/mol. The topological polar surface area (TPSA) is 91.7 Å². The van der Waals surface area contributed by atoms with Gasteiger partial charge >= 0.3 is 0 Å². The maximum absolute atomic E-state index is 4.01. The van der Waals surface area contributed by atoms with Gasteiger partial charge in [0.2, 0.25) is 0 Å². The Balaban J connectivity index is 0.00000128. The molecule has 0 aromatic carbocycles. The Labute approximate surface area is 110 Å². The number of tetrazole rings is 1. The largest absolute Gasteiger partial charge is 0.283 e. The second-order valence-electron chi connectivity index (χ2n) is 2.49. The van der Waals surface area contributed by atoms with E-state index in [4.69, 9.17) is 0 Å². The molecule has 0 saturated carbocycles. The van der Waals surface area contributed by atoms with Crippen LogP contribution in [-0.2, 0) is 0 Å². The molecule has 16 heavy (non-hydrogen) atoms. The Morgan fingerprint density at radius 2 is 2.12 bits per heavy atom. The number of nitrogens with one attached hydrogen (secondary N) is 2. The number of nitrogens with zero attached hydrogens (tertiary/aromatic N) is 5. The van der Waals surface area contributed by atoms with E-state index in [9.17, 15) is 0 Å². The van der Waals surface area contributed by atoms with Crippen molar-refractivity contribution in [3.8, 4) is 0 Å². The first kappa shape index (κ1) is 12.7. The third-order valence-corrected chi connectivity index (χ3v) is 2.15. The Morgan fingerprint density at radius 3 is 2.75 bits per heavy atom. The van der Waals surface area contributed by atoms with E-state index in [2.05, 4.69) is 52.1 Å². The van der Waals surface area contributed by atoms with Gasteiger partial charge in [-0.2, -0.15) is 10.3 Å². The molecular formula is C7H7Br2N7. The number of hydrazone groups is 1. The van der Waals surface area contributed by atoms with Crippen molar-refractivity contribution in [1.82, 2.24) is 25.6 Å². The SMILES string of the molecule is Br.Br/C(=N\Nc1nn[nH]n1)c1ccncc1. The lowest BCUT2D eigenvalue weighted by Gasteiger charge is -1.97. The molecule has 7 nitrogen and oxygen atoms in total. The highest BCUT2D eigenvalue weighted by molar-refractivity contribution is 9.18. The number of halogens is 2. The molecule has 0 aliphatic heterocycles. The predicted molar refractivity (Wildman–Crippen MR) is 67.8 cm³/mol. The minimum atomic E-state index is 0. The average Bonchev–Trinajstić information content (AvgIpc) is 2.80. The van der Waals surface area contributed by atoms with Crippen LogP contribution in [0.5, 0.6) is 0 Å². The van der Waals surface area contributed by atoms with Crippen molar-refractivity contribution in [3.63, 3.8) is 0 Å². The zero-order valence-electron chi connectivity index (χ0n) is 7.83. The van der Waals surface area contributed by atoms with E-state index in [1.807, 2.05) is 12.1 Å². The summed E-state index contributed by atoms with van der Waals surface area (Å²) in [6.07, 6.45) is 3.36. The normalized spacial score (nSPS) is 10.7. The van der Waals surface area contributed by atoms with Gasteiger partial charge in [0.1, 0.15) is 4.62 Å². The van der Waals surface area contributed by atoms with Crippen molar-refractivity contribution in [1.29, 1.82) is 0 Å². The number of anilines is 1. The molecule has 84 valence electrons. The van der Waals surface area contributed by atoms with E-state index in [-0.39, 0.29) is 17.0 Å². The van der Waals surface area contributed by atoms with Crippen LogP contribution in [0.3, 0.4) is 0 Å². The van der Waals surface area contributed by atoms with Crippen molar-refractivity contribution < 1.29 is 0 Å². The summed E-state index contributed by atoms with van der Waals surface area (Å²) in [4.78, 5) is 3.90. The molecule has 0 spiro atoms. The number of aromatic amines is 1. The van der Waals surface area contributed by atoms with Gasteiger partial charge < -0.3 is 0 Å². The van der Waals surface area contributed by atoms with Gasteiger partial charge in [0.25, 0.3) is 5.95 Å². The van der Waals surface area contributed by atoms with Crippen LogP contribution in [0.4, 0.5) is 5.95 Å². The monoisotopic (exact) mass is 347 g/mol. The van der Waals surface area contributed by atoms with Crippen LogP contribution in [0.15, 0.2) is 29.6 Å². The van der Waals surface area contributed by atoms with Gasteiger partial charge in [-0.1, -0.05) is 5.10 Å². The van der Waals surface area contributed by atoms with E-state index < -0.39 is 0 Å². The van der Waals surface area contributed by atoms with Crippen LogP contribution < -0.4 is 5.43 Å². The third kappa shape index (κ3) is 3.35. The van der Waals surface area contributed by atoms with Crippen molar-refractivity contribution in [2.24, 2.45) is 5.10 Å². The highest BCUT2D eigenvalue weighted by atomic mass is 79.9. The van der Waals surface area contributed by atoms with E-state index in [1.165, 1.54) is 0 Å². The quantitative estimate of drug-likeness (QED) is 0.645. The summed E-state index contributed by atoms with van der Waals surface area (Å²) in [6.45, 7) is 0. The second-order valence-corrected chi connectivity index (χ2v) is 3.24. The van der Waals surface area contributed by atoms with Crippen LogP contribution in [0, 0.1) is 0 Å². The standard InChI is InChI=1S/C7H6BrN7.BrH/c8-6(5-1-3-9-4-2-5)10-11-7-12-14-15-13-7;/h1-4H,(H2,11,12,13,14,15);1H/b10-6-;. The summed E-state index contributed by atoms with van der Waals surface area (Å²) in [6, 6.07) is 3.65. The fraction of sp³-hybridized carbons (Fsp3) is 0. The van der Waals surface area contributed by atoms with E-state index in [0.717, 1.165) is 5.56 Å². The maximum atomic E-state index is 4.01. The van der Waals surface area contributed by atoms with E-state index in [1.54, 1.807) is 12.4 Å². The Kier molecular flexibility index (Phi) is 4.99. The zero-order valence-corrected chi connectivity index (χ0v) is 11.1. The summed E-state index contributed by atoms with van der Waals surface area (Å²) in [7, 11) is 0. The van der Waals surface area contributed by atoms with Gasteiger partial charge in [0.15, 0.2) is 0 Å². The van der Waals surface area contributed by atoms with Gasteiger partial charge in [-0.15, -0.1) is 22.1 Å². The second kappa shape index (κ2) is 6.28. The Bertz CT molecular complexity index is 441. The van der Waals surface area contributed by atoms with E-state index >= 15 is 0 Å². The minimum Gasteiger partial charge on any atom is -0.265 e. The molecule has 0 amide bonds. The summed E-state index contributed by atoms with van der Waals surface area (Å²) in [5.41, 5.74) is 3.53. The molecule has 2 heterocycles. The summed E-state index contributed by atoms with van der Waals surface area (Å²) >= 11 is 3.31. The van der Waals surface area contributed by atoms with Crippen LogP contribution in [0.1, 0.15) is 5.56 Å². The van der Waals surface area contributed by atoms with Crippen LogP contribution in [-0.4, -0.2) is 30.2 Å². The maximum Gasteiger partial charge on any atom is 0.283 e. The number of hydrogen-bond donors (Lipinski definition) is 2. The molecule has 2 aromatic rings. The van der Waals surface area contributed by atoms with Gasteiger partial charge in [-0.25, -0.2) is 5.43 Å². The summed E-state index contributed by atoms with van der Waals surface area (Å²) < 4.78 is 0.634. The van der Waals surface area contributed by atoms with Crippen molar-refractivity contribution in [2.75, 3.05) is 5.43 Å². The third-order valence-electron chi connectivity index (χ3n) is 1.52. The summed E-state index contributed by atoms with van der Waals surface area (Å²) in [5.74, 6) is 0.306. The molecule has 0 fully saturated rings. The predicted octanol–water partition coefficient (Wildman–Crippen LogP) is 1.34. The van der Waals surface area contributed by atoms with Gasteiger partial charge in [0, 0.05) is 18.0 Å². The van der Waals surface area contributed by atoms with Gasteiger partial charge in [0.05, 0.1) is 0 Å². The van der Waals surface area contributed by atoms with Gasteiger partial charge in [-0.05, 0) is 33.3 Å². The number of hydrogen-bond acceptors (Lipinski definition) is 6. The smallest absolute Gasteiger partial charge is 0.265 e. The van der Waals surface area contributed by atoms with Crippen LogP contribution in [0.2, 0.25) is 0 Å². The molecule has 0 aliphatic carbocycles. The highest BCUT2D eigenvalue weighted by Gasteiger charge is 1.99. The fourth-order valence-corrected chi connectivity index (χ4v) is 1.22. The molecule has 2 N–H and O–H groups in total. The molecule has 0 saturated heterocycles. The molecule has 0 bridgehead atoms. The number of rotatable bonds is 3. The van der Waals surface area contributed by atoms with E-state index in [0.29, 0.717) is 10.6 Å². The van der Waals surface area contributed by atoms with Crippen molar-refractivity contribution in [3.05, 3.63) is 30.1 Å². The van der Waals surface area contributed by atoms with Crippen molar-refractivity contribution in [2.45, 2.75) is 0 Å². The fourth-order valence-electron chi connectivity index (χ4n) is 0.862. The first-order valence-corrected chi connectivity index (χ1v) is 4.78. The summed E-state index contributed by atoms with van der Waals surface area (Å²) in [5, 5.41) is 17.1. The molecule has 9 heteroatoms. The van der Waals surface area contributed by atoms with Gasteiger partial charge in [-0.3, -0.25) is 4.98 Å².